The van der Waals surface area contributed by atoms with Crippen molar-refractivity contribution in [1.82, 2.24) is 14.9 Å². The predicted molar refractivity (Wildman–Crippen MR) is 145 cm³/mol. The molecule has 3 atom stereocenters. The van der Waals surface area contributed by atoms with Crippen LogP contribution >= 0.6 is 0 Å². The van der Waals surface area contributed by atoms with Crippen LogP contribution in [0.15, 0.2) is 53.4 Å². The Morgan fingerprint density at radius 2 is 1.62 bits per heavy atom. The Morgan fingerprint density at radius 1 is 1.03 bits per heavy atom. The summed E-state index contributed by atoms with van der Waals surface area (Å²) in [6.07, 6.45) is 1.32. The molecule has 1 aliphatic heterocycles. The molecule has 0 bridgehead atoms. The number of phenolic OH excluding ortho intramolecular Hbond substituents is 1. The molecule has 11 heteroatoms. The first kappa shape index (κ1) is 30.1. The van der Waals surface area contributed by atoms with Gasteiger partial charge in [0, 0.05) is 25.4 Å². The van der Waals surface area contributed by atoms with Gasteiger partial charge in [-0.25, -0.2) is 13.2 Å². The summed E-state index contributed by atoms with van der Waals surface area (Å²) in [5.41, 5.74) is 1.58. The number of sulfonamides is 1. The maximum Gasteiger partial charge on any atom is 0.326 e. The molecule has 1 fully saturated rings. The van der Waals surface area contributed by atoms with Gasteiger partial charge in [0.2, 0.25) is 21.8 Å². The number of carbonyl (C=O) groups excluding carboxylic acids is 2. The molecule has 0 spiro atoms. The molecule has 4 N–H and O–H groups in total. The van der Waals surface area contributed by atoms with E-state index in [0.29, 0.717) is 24.8 Å². The second-order valence-electron chi connectivity index (χ2n) is 10.2. The van der Waals surface area contributed by atoms with Gasteiger partial charge in [0.15, 0.2) is 0 Å². The van der Waals surface area contributed by atoms with Gasteiger partial charge in [-0.15, -0.1) is 0 Å². The lowest BCUT2D eigenvalue weighted by atomic mass is 9.93. The maximum atomic E-state index is 13.4. The fourth-order valence-electron chi connectivity index (χ4n) is 4.51. The molecule has 0 saturated carbocycles. The Morgan fingerprint density at radius 3 is 2.15 bits per heavy atom. The van der Waals surface area contributed by atoms with Crippen molar-refractivity contribution in [2.24, 2.45) is 11.8 Å². The van der Waals surface area contributed by atoms with Crippen LogP contribution in [0.5, 0.6) is 5.75 Å². The predicted octanol–water partition coefficient (Wildman–Crippen LogP) is 2.44. The number of benzene rings is 2. The van der Waals surface area contributed by atoms with Crippen LogP contribution in [0.25, 0.3) is 0 Å². The van der Waals surface area contributed by atoms with Crippen molar-refractivity contribution < 1.29 is 33.0 Å². The number of aromatic hydroxyl groups is 1. The Hall–Kier alpha value is -3.44. The van der Waals surface area contributed by atoms with E-state index in [4.69, 9.17) is 0 Å². The van der Waals surface area contributed by atoms with Gasteiger partial charge in [-0.2, -0.15) is 4.72 Å². The molecular formula is C28H37N3O7S. The molecular weight excluding hydrogens is 522 g/mol. The second kappa shape index (κ2) is 13.1. The molecule has 1 saturated heterocycles. The van der Waals surface area contributed by atoms with Crippen molar-refractivity contribution >= 4 is 27.8 Å². The number of carboxylic acid groups (broad SMARTS) is 1. The van der Waals surface area contributed by atoms with Crippen LogP contribution in [0.2, 0.25) is 0 Å². The third kappa shape index (κ3) is 8.03. The van der Waals surface area contributed by atoms with Crippen molar-refractivity contribution in [2.45, 2.75) is 63.4 Å². The summed E-state index contributed by atoms with van der Waals surface area (Å²) >= 11 is 0. The maximum absolute atomic E-state index is 13.4. The number of carboxylic acids is 1. The van der Waals surface area contributed by atoms with Crippen LogP contribution in [-0.4, -0.2) is 66.5 Å². The molecule has 0 unspecified atom stereocenters. The molecule has 0 radical (unpaired) electrons. The minimum Gasteiger partial charge on any atom is -0.508 e. The van der Waals surface area contributed by atoms with Crippen molar-refractivity contribution in [3.8, 4) is 5.75 Å². The first-order chi connectivity index (χ1) is 18.4. The number of rotatable bonds is 11. The van der Waals surface area contributed by atoms with Crippen molar-refractivity contribution in [2.75, 3.05) is 13.1 Å². The van der Waals surface area contributed by atoms with Gasteiger partial charge in [-0.1, -0.05) is 50.1 Å². The SMILES string of the molecule is CC[C@H](C)[C@H](NS(=O)(=O)c1ccc(C)cc1)C(=O)N1CCC(C(=O)N[C@@H](Cc2ccc(O)cc2)C(=O)O)CC1. The number of hydrogen-bond acceptors (Lipinski definition) is 6. The van der Waals surface area contributed by atoms with Crippen molar-refractivity contribution in [3.05, 3.63) is 59.7 Å². The summed E-state index contributed by atoms with van der Waals surface area (Å²) in [7, 11) is -3.92. The summed E-state index contributed by atoms with van der Waals surface area (Å²) in [4.78, 5) is 39.7. The Kier molecular flexibility index (Phi) is 10.1. The highest BCUT2D eigenvalue weighted by molar-refractivity contribution is 7.89. The number of carbonyl (C=O) groups is 3. The smallest absolute Gasteiger partial charge is 0.326 e. The Balaban J connectivity index is 1.62. The van der Waals surface area contributed by atoms with Crippen molar-refractivity contribution in [1.29, 1.82) is 0 Å². The number of likely N-dealkylation sites (tertiary alicyclic amines) is 1. The lowest BCUT2D eigenvalue weighted by Crippen LogP contribution is -2.54. The molecule has 39 heavy (non-hydrogen) atoms. The van der Waals surface area contributed by atoms with Crippen LogP contribution in [0.3, 0.4) is 0 Å². The molecule has 0 aliphatic carbocycles. The molecule has 2 amide bonds. The number of nitrogens with zero attached hydrogens (tertiary/aromatic N) is 1. The highest BCUT2D eigenvalue weighted by atomic mass is 32.2. The number of nitrogens with one attached hydrogen (secondary N) is 2. The number of hydrogen-bond donors (Lipinski definition) is 4. The van der Waals surface area contributed by atoms with E-state index in [1.165, 1.54) is 24.3 Å². The Labute approximate surface area is 229 Å². The molecule has 10 nitrogen and oxygen atoms in total. The van der Waals surface area contributed by atoms with Gasteiger partial charge >= 0.3 is 5.97 Å². The molecule has 2 aromatic rings. The van der Waals surface area contributed by atoms with Gasteiger partial charge < -0.3 is 20.4 Å². The minimum absolute atomic E-state index is 0.0643. The summed E-state index contributed by atoms with van der Waals surface area (Å²) in [6.45, 7) is 6.08. The summed E-state index contributed by atoms with van der Waals surface area (Å²) in [5, 5.41) is 21.6. The van der Waals surface area contributed by atoms with Crippen molar-refractivity contribution in [3.63, 3.8) is 0 Å². The van der Waals surface area contributed by atoms with E-state index in [9.17, 15) is 33.0 Å². The average Bonchev–Trinajstić information content (AvgIpc) is 2.92. The number of amides is 2. The summed E-state index contributed by atoms with van der Waals surface area (Å²) < 4.78 is 28.6. The number of aryl methyl sites for hydroxylation is 1. The topological polar surface area (TPSA) is 153 Å². The molecule has 1 aliphatic rings. The molecule has 212 valence electrons. The standard InChI is InChI=1S/C28H37N3O7S/c1-4-19(3)25(30-39(37,38)23-11-5-18(2)6-12-23)27(34)31-15-13-21(14-16-31)26(33)29-24(28(35)36)17-20-7-9-22(32)10-8-20/h5-12,19,21,24-25,30,32H,4,13-17H2,1-3H3,(H,29,33)(H,35,36)/t19-,24-,25-/m0/s1. The van der Waals surface area contributed by atoms with Gasteiger partial charge in [0.25, 0.3) is 0 Å². The zero-order valence-electron chi connectivity index (χ0n) is 22.5. The monoisotopic (exact) mass is 559 g/mol. The van der Waals surface area contributed by atoms with Gasteiger partial charge in [0.05, 0.1) is 4.90 Å². The van der Waals surface area contributed by atoms with E-state index in [1.54, 1.807) is 29.2 Å². The lowest BCUT2D eigenvalue weighted by Gasteiger charge is -2.35. The second-order valence-corrected chi connectivity index (χ2v) is 11.9. The van der Waals surface area contributed by atoms with Crippen LogP contribution in [0.1, 0.15) is 44.2 Å². The third-order valence-corrected chi connectivity index (χ3v) is 8.72. The molecule has 2 aromatic carbocycles. The summed E-state index contributed by atoms with van der Waals surface area (Å²) in [6, 6.07) is 10.4. The third-order valence-electron chi connectivity index (χ3n) is 7.26. The minimum atomic E-state index is -3.92. The molecule has 3 rings (SSSR count). The molecule has 1 heterocycles. The zero-order chi connectivity index (χ0) is 28.7. The van der Waals surface area contributed by atoms with Gasteiger partial charge in [-0.05, 0) is 55.5 Å². The first-order valence-corrected chi connectivity index (χ1v) is 14.6. The van der Waals surface area contributed by atoms with E-state index >= 15 is 0 Å². The van der Waals surface area contributed by atoms with E-state index in [2.05, 4.69) is 10.0 Å². The van der Waals surface area contributed by atoms with E-state index in [-0.39, 0.29) is 42.0 Å². The van der Waals surface area contributed by atoms with Crippen LogP contribution < -0.4 is 10.0 Å². The van der Waals surface area contributed by atoms with Crippen LogP contribution in [-0.2, 0) is 30.8 Å². The van der Waals surface area contributed by atoms with E-state index in [1.807, 2.05) is 20.8 Å². The first-order valence-electron chi connectivity index (χ1n) is 13.1. The van der Waals surface area contributed by atoms with E-state index in [0.717, 1.165) is 5.56 Å². The zero-order valence-corrected chi connectivity index (χ0v) is 23.3. The number of phenols is 1. The summed E-state index contributed by atoms with van der Waals surface area (Å²) in [5.74, 6) is -2.56. The lowest BCUT2D eigenvalue weighted by molar-refractivity contribution is -0.143. The highest BCUT2D eigenvalue weighted by Gasteiger charge is 2.36. The highest BCUT2D eigenvalue weighted by Crippen LogP contribution is 2.22. The number of aliphatic carboxylic acids is 1. The normalized spacial score (nSPS) is 16.7. The number of piperidine rings is 1. The fraction of sp³-hybridized carbons (Fsp3) is 0.464. The fourth-order valence-corrected chi connectivity index (χ4v) is 5.81. The van der Waals surface area contributed by atoms with Gasteiger partial charge in [-0.3, -0.25) is 9.59 Å². The van der Waals surface area contributed by atoms with Gasteiger partial charge in [0.1, 0.15) is 17.8 Å². The van der Waals surface area contributed by atoms with E-state index < -0.39 is 39.9 Å². The van der Waals surface area contributed by atoms with Crippen LogP contribution in [0.4, 0.5) is 0 Å². The quantitative estimate of drug-likeness (QED) is 0.330. The average molecular weight is 560 g/mol. The Bertz CT molecular complexity index is 1260. The van der Waals surface area contributed by atoms with Crippen LogP contribution in [0, 0.1) is 18.8 Å². The molecule has 0 aromatic heterocycles. The largest absolute Gasteiger partial charge is 0.508 e.